The maximum atomic E-state index is 11.6. The molecule has 0 saturated heterocycles. The highest BCUT2D eigenvalue weighted by Crippen LogP contribution is 2.37. The van der Waals surface area contributed by atoms with Crippen molar-refractivity contribution in [2.75, 3.05) is 0 Å². The minimum absolute atomic E-state index is 0.122. The monoisotopic (exact) mass is 232 g/mol. The fourth-order valence-electron chi connectivity index (χ4n) is 2.21. The van der Waals surface area contributed by atoms with Gasteiger partial charge in [0.2, 0.25) is 0 Å². The van der Waals surface area contributed by atoms with Crippen LogP contribution in [0.3, 0.4) is 0 Å². The van der Waals surface area contributed by atoms with Crippen molar-refractivity contribution < 1.29 is 8.42 Å². The van der Waals surface area contributed by atoms with E-state index in [1.165, 1.54) is 0 Å². The minimum Gasteiger partial charge on any atom is -0.199 e. The van der Waals surface area contributed by atoms with E-state index in [0.717, 1.165) is 32.1 Å². The summed E-state index contributed by atoms with van der Waals surface area (Å²) in [6.45, 7) is 4.38. The quantitative estimate of drug-likeness (QED) is 0.764. The molecular formula is C10H20N2O2S. The van der Waals surface area contributed by atoms with E-state index in [1.54, 1.807) is 0 Å². The SMILES string of the molecule is CC1(C)CCC(NS(=O)(=O)NC2CC2)C1. The van der Waals surface area contributed by atoms with Gasteiger partial charge < -0.3 is 0 Å². The summed E-state index contributed by atoms with van der Waals surface area (Å²) < 4.78 is 28.6. The molecule has 2 aliphatic rings. The summed E-state index contributed by atoms with van der Waals surface area (Å²) in [5.74, 6) is 0. The highest BCUT2D eigenvalue weighted by Gasteiger charge is 2.34. The molecule has 0 heterocycles. The molecule has 1 atom stereocenters. The zero-order chi connectivity index (χ0) is 11.1. The molecule has 0 aromatic heterocycles. The highest BCUT2D eigenvalue weighted by molar-refractivity contribution is 7.87. The molecule has 15 heavy (non-hydrogen) atoms. The molecule has 2 fully saturated rings. The fourth-order valence-corrected chi connectivity index (χ4v) is 3.59. The van der Waals surface area contributed by atoms with Crippen molar-refractivity contribution in [2.45, 2.75) is 58.0 Å². The molecule has 0 aromatic carbocycles. The lowest BCUT2D eigenvalue weighted by molar-refractivity contribution is 0.372. The largest absolute Gasteiger partial charge is 0.277 e. The number of hydrogen-bond acceptors (Lipinski definition) is 2. The highest BCUT2D eigenvalue weighted by atomic mass is 32.2. The van der Waals surface area contributed by atoms with E-state index in [2.05, 4.69) is 23.3 Å². The van der Waals surface area contributed by atoms with Gasteiger partial charge in [-0.15, -0.1) is 0 Å². The molecule has 88 valence electrons. The van der Waals surface area contributed by atoms with Gasteiger partial charge in [0.15, 0.2) is 0 Å². The first-order valence-corrected chi connectivity index (χ1v) is 7.14. The molecule has 0 aliphatic heterocycles. The lowest BCUT2D eigenvalue weighted by atomic mass is 9.92. The van der Waals surface area contributed by atoms with Crippen LogP contribution in [-0.2, 0) is 10.2 Å². The second-order valence-corrected chi connectivity index (χ2v) is 7.10. The van der Waals surface area contributed by atoms with Crippen LogP contribution < -0.4 is 9.44 Å². The van der Waals surface area contributed by atoms with E-state index >= 15 is 0 Å². The van der Waals surface area contributed by atoms with Gasteiger partial charge in [-0.25, -0.2) is 0 Å². The Bertz CT molecular complexity index is 333. The standard InChI is InChI=1S/C10H20N2O2S/c1-10(2)6-5-9(7-10)12-15(13,14)11-8-3-4-8/h8-9,11-12H,3-7H2,1-2H3. The number of hydrogen-bond donors (Lipinski definition) is 2. The Hall–Kier alpha value is -0.130. The van der Waals surface area contributed by atoms with Crippen LogP contribution in [0, 0.1) is 5.41 Å². The van der Waals surface area contributed by atoms with Crippen LogP contribution in [0.1, 0.15) is 46.0 Å². The molecule has 0 bridgehead atoms. The van der Waals surface area contributed by atoms with Crippen LogP contribution in [0.5, 0.6) is 0 Å². The molecule has 0 amide bonds. The van der Waals surface area contributed by atoms with Gasteiger partial charge in [-0.05, 0) is 37.5 Å². The zero-order valence-electron chi connectivity index (χ0n) is 9.41. The molecule has 1 unspecified atom stereocenters. The Morgan fingerprint density at radius 1 is 1.07 bits per heavy atom. The summed E-state index contributed by atoms with van der Waals surface area (Å²) in [6.07, 6.45) is 4.97. The molecule has 0 spiro atoms. The molecule has 4 nitrogen and oxygen atoms in total. The molecule has 0 aromatic rings. The Morgan fingerprint density at radius 3 is 2.13 bits per heavy atom. The van der Waals surface area contributed by atoms with E-state index in [0.29, 0.717) is 0 Å². The maximum absolute atomic E-state index is 11.6. The van der Waals surface area contributed by atoms with Crippen LogP contribution in [0.2, 0.25) is 0 Å². The smallest absolute Gasteiger partial charge is 0.199 e. The Morgan fingerprint density at radius 2 is 1.67 bits per heavy atom. The van der Waals surface area contributed by atoms with Crippen LogP contribution in [0.25, 0.3) is 0 Å². The van der Waals surface area contributed by atoms with Crippen molar-refractivity contribution in [2.24, 2.45) is 5.41 Å². The first kappa shape index (κ1) is 11.4. The first-order valence-electron chi connectivity index (χ1n) is 5.66. The predicted molar refractivity (Wildman–Crippen MR) is 59.6 cm³/mol. The lowest BCUT2D eigenvalue weighted by Crippen LogP contribution is -2.42. The van der Waals surface area contributed by atoms with Gasteiger partial charge in [-0.3, -0.25) is 0 Å². The Kier molecular flexibility index (Phi) is 2.81. The third-order valence-electron chi connectivity index (χ3n) is 3.19. The zero-order valence-corrected chi connectivity index (χ0v) is 10.2. The third kappa shape index (κ3) is 3.43. The minimum atomic E-state index is -3.25. The van der Waals surface area contributed by atoms with E-state index in [-0.39, 0.29) is 17.5 Å². The summed E-state index contributed by atoms with van der Waals surface area (Å²) in [5, 5.41) is 0. The predicted octanol–water partition coefficient (Wildman–Crippen LogP) is 1.15. The maximum Gasteiger partial charge on any atom is 0.277 e. The summed E-state index contributed by atoms with van der Waals surface area (Å²) in [6, 6.07) is 0.313. The van der Waals surface area contributed by atoms with Crippen LogP contribution in [0.4, 0.5) is 0 Å². The number of nitrogens with one attached hydrogen (secondary N) is 2. The molecule has 2 N–H and O–H groups in total. The van der Waals surface area contributed by atoms with Crippen molar-refractivity contribution in [3.63, 3.8) is 0 Å². The molecule has 2 aliphatic carbocycles. The first-order chi connectivity index (χ1) is 6.86. The topological polar surface area (TPSA) is 58.2 Å². The van der Waals surface area contributed by atoms with Crippen molar-refractivity contribution >= 4 is 10.2 Å². The van der Waals surface area contributed by atoms with E-state index in [1.807, 2.05) is 0 Å². The van der Waals surface area contributed by atoms with Gasteiger partial charge in [0.25, 0.3) is 10.2 Å². The normalized spacial score (nSPS) is 30.7. The van der Waals surface area contributed by atoms with Gasteiger partial charge >= 0.3 is 0 Å². The van der Waals surface area contributed by atoms with Crippen molar-refractivity contribution in [1.29, 1.82) is 0 Å². The van der Waals surface area contributed by atoms with E-state index in [4.69, 9.17) is 0 Å². The van der Waals surface area contributed by atoms with Crippen molar-refractivity contribution in [1.82, 2.24) is 9.44 Å². The summed E-state index contributed by atoms with van der Waals surface area (Å²) in [7, 11) is -3.25. The second kappa shape index (κ2) is 3.71. The van der Waals surface area contributed by atoms with Crippen LogP contribution >= 0.6 is 0 Å². The molecule has 0 radical (unpaired) electrons. The van der Waals surface area contributed by atoms with Crippen molar-refractivity contribution in [3.05, 3.63) is 0 Å². The average Bonchev–Trinajstić information content (AvgIpc) is 2.76. The molecule has 2 saturated carbocycles. The van der Waals surface area contributed by atoms with Gasteiger partial charge in [0.05, 0.1) is 0 Å². The van der Waals surface area contributed by atoms with Gasteiger partial charge in [-0.1, -0.05) is 13.8 Å². The van der Waals surface area contributed by atoms with Crippen LogP contribution in [-0.4, -0.2) is 20.5 Å². The second-order valence-electron chi connectivity index (χ2n) is 5.62. The molecule has 5 heteroatoms. The molecule has 2 rings (SSSR count). The van der Waals surface area contributed by atoms with Crippen molar-refractivity contribution in [3.8, 4) is 0 Å². The van der Waals surface area contributed by atoms with Gasteiger partial charge in [0.1, 0.15) is 0 Å². The van der Waals surface area contributed by atoms with Gasteiger partial charge in [0, 0.05) is 12.1 Å². The van der Waals surface area contributed by atoms with E-state index < -0.39 is 10.2 Å². The summed E-state index contributed by atoms with van der Waals surface area (Å²) in [4.78, 5) is 0. The summed E-state index contributed by atoms with van der Waals surface area (Å²) in [5.41, 5.74) is 0.284. The van der Waals surface area contributed by atoms with E-state index in [9.17, 15) is 8.42 Å². The van der Waals surface area contributed by atoms with Gasteiger partial charge in [-0.2, -0.15) is 17.9 Å². The third-order valence-corrected chi connectivity index (χ3v) is 4.48. The average molecular weight is 232 g/mol. The number of rotatable bonds is 4. The van der Waals surface area contributed by atoms with Crippen LogP contribution in [0.15, 0.2) is 0 Å². The lowest BCUT2D eigenvalue weighted by Gasteiger charge is -2.18. The Labute approximate surface area is 92.0 Å². The summed E-state index contributed by atoms with van der Waals surface area (Å²) >= 11 is 0. The molecular weight excluding hydrogens is 212 g/mol. The fraction of sp³-hybridized carbons (Fsp3) is 1.00. The Balaban J connectivity index is 1.86.